The highest BCUT2D eigenvalue weighted by Crippen LogP contribution is 2.14. The molecule has 0 unspecified atom stereocenters. The first-order chi connectivity index (χ1) is 7.44. The molecule has 16 heavy (non-hydrogen) atoms. The minimum Gasteiger partial charge on any atom is -0.228 e. The van der Waals surface area contributed by atoms with Crippen LogP contribution in [0, 0.1) is 13.8 Å². The van der Waals surface area contributed by atoms with Crippen LogP contribution in [0.4, 0.5) is 0 Å². The molecule has 0 bridgehead atoms. The standard InChI is InChI=1S/C13H18O2S/c1-4-5-8-16(14,15)10-13-9-11(2)6-7-12(13)3/h4-7,9H,8,10H2,1-3H3/b5-4+. The number of benzene rings is 1. The Hall–Kier alpha value is -1.09. The first kappa shape index (κ1) is 13.0. The average molecular weight is 238 g/mol. The third-order valence-electron chi connectivity index (χ3n) is 2.47. The predicted octanol–water partition coefficient (Wildman–Crippen LogP) is 2.79. The summed E-state index contributed by atoms with van der Waals surface area (Å²) < 4.78 is 23.5. The lowest BCUT2D eigenvalue weighted by Gasteiger charge is -2.07. The molecule has 1 rings (SSSR count). The minimum absolute atomic E-state index is 0.122. The lowest BCUT2D eigenvalue weighted by atomic mass is 10.1. The van der Waals surface area contributed by atoms with Gasteiger partial charge in [0.1, 0.15) is 0 Å². The first-order valence-corrected chi connectivity index (χ1v) is 7.14. The third-order valence-corrected chi connectivity index (χ3v) is 3.92. The Bertz CT molecular complexity index is 485. The normalized spacial score (nSPS) is 12.2. The van der Waals surface area contributed by atoms with E-state index in [2.05, 4.69) is 0 Å². The summed E-state index contributed by atoms with van der Waals surface area (Å²) in [6.07, 6.45) is 3.45. The SMILES string of the molecule is C/C=C/CS(=O)(=O)Cc1cc(C)ccc1C. The molecule has 0 spiro atoms. The second-order valence-electron chi connectivity index (χ2n) is 4.05. The van der Waals surface area contributed by atoms with Crippen LogP contribution >= 0.6 is 0 Å². The summed E-state index contributed by atoms with van der Waals surface area (Å²) >= 11 is 0. The van der Waals surface area contributed by atoms with Gasteiger partial charge in [-0.2, -0.15) is 0 Å². The van der Waals surface area contributed by atoms with Crippen LogP contribution in [-0.2, 0) is 15.6 Å². The van der Waals surface area contributed by atoms with Crippen LogP contribution < -0.4 is 0 Å². The van der Waals surface area contributed by atoms with Crippen molar-refractivity contribution in [2.45, 2.75) is 26.5 Å². The van der Waals surface area contributed by atoms with Gasteiger partial charge in [-0.3, -0.25) is 0 Å². The van der Waals surface area contributed by atoms with Gasteiger partial charge in [-0.05, 0) is 31.9 Å². The van der Waals surface area contributed by atoms with Gasteiger partial charge >= 0.3 is 0 Å². The molecule has 0 saturated carbocycles. The maximum absolute atomic E-state index is 11.8. The Morgan fingerprint density at radius 1 is 1.25 bits per heavy atom. The van der Waals surface area contributed by atoms with Crippen LogP contribution in [0.3, 0.4) is 0 Å². The average Bonchev–Trinajstić information content (AvgIpc) is 2.20. The molecule has 0 amide bonds. The van der Waals surface area contributed by atoms with Crippen molar-refractivity contribution in [3.8, 4) is 0 Å². The maximum Gasteiger partial charge on any atom is 0.157 e. The molecule has 1 aromatic rings. The second kappa shape index (κ2) is 5.30. The highest BCUT2D eigenvalue weighted by molar-refractivity contribution is 7.90. The predicted molar refractivity (Wildman–Crippen MR) is 68.2 cm³/mol. The van der Waals surface area contributed by atoms with Crippen molar-refractivity contribution in [1.82, 2.24) is 0 Å². The van der Waals surface area contributed by atoms with Gasteiger partial charge < -0.3 is 0 Å². The van der Waals surface area contributed by atoms with Crippen molar-refractivity contribution in [1.29, 1.82) is 0 Å². The van der Waals surface area contributed by atoms with Crippen LogP contribution in [0.1, 0.15) is 23.6 Å². The fourth-order valence-electron chi connectivity index (χ4n) is 1.49. The summed E-state index contributed by atoms with van der Waals surface area (Å²) in [5.41, 5.74) is 3.04. The highest BCUT2D eigenvalue weighted by Gasteiger charge is 2.11. The summed E-state index contributed by atoms with van der Waals surface area (Å²) in [6.45, 7) is 5.74. The van der Waals surface area contributed by atoms with Crippen molar-refractivity contribution in [3.05, 3.63) is 47.0 Å². The van der Waals surface area contributed by atoms with Gasteiger partial charge in [0.2, 0.25) is 0 Å². The zero-order valence-corrected chi connectivity index (χ0v) is 10.8. The number of hydrogen-bond acceptors (Lipinski definition) is 2. The number of allylic oxidation sites excluding steroid dienone is 1. The van der Waals surface area contributed by atoms with Gasteiger partial charge in [0.25, 0.3) is 0 Å². The molecule has 88 valence electrons. The zero-order valence-electron chi connectivity index (χ0n) is 10.0. The maximum atomic E-state index is 11.8. The molecule has 0 fully saturated rings. The molecule has 2 nitrogen and oxygen atoms in total. The number of sulfone groups is 1. The summed E-state index contributed by atoms with van der Waals surface area (Å²) in [5.74, 6) is 0.252. The van der Waals surface area contributed by atoms with Crippen LogP contribution in [0.5, 0.6) is 0 Å². The largest absolute Gasteiger partial charge is 0.228 e. The Labute approximate surface area is 97.9 Å². The fourth-order valence-corrected chi connectivity index (χ4v) is 2.88. The zero-order chi connectivity index (χ0) is 12.2. The summed E-state index contributed by atoms with van der Waals surface area (Å²) in [4.78, 5) is 0. The van der Waals surface area contributed by atoms with Crippen molar-refractivity contribution in [2.24, 2.45) is 0 Å². The van der Waals surface area contributed by atoms with Crippen LogP contribution in [-0.4, -0.2) is 14.2 Å². The van der Waals surface area contributed by atoms with E-state index in [0.29, 0.717) is 0 Å². The Morgan fingerprint density at radius 2 is 1.94 bits per heavy atom. The molecule has 0 aliphatic rings. The number of rotatable bonds is 4. The number of hydrogen-bond donors (Lipinski definition) is 0. The van der Waals surface area contributed by atoms with Gasteiger partial charge in [0.05, 0.1) is 11.5 Å². The molecule has 0 heterocycles. The van der Waals surface area contributed by atoms with Crippen LogP contribution in [0.2, 0.25) is 0 Å². The summed E-state index contributed by atoms with van der Waals surface area (Å²) in [7, 11) is -3.02. The van der Waals surface area contributed by atoms with E-state index in [0.717, 1.165) is 16.7 Å². The molecule has 3 heteroatoms. The van der Waals surface area contributed by atoms with E-state index in [1.54, 1.807) is 12.2 Å². The monoisotopic (exact) mass is 238 g/mol. The molecule has 0 aromatic heterocycles. The second-order valence-corrected chi connectivity index (χ2v) is 6.16. The van der Waals surface area contributed by atoms with Gasteiger partial charge in [-0.15, -0.1) is 0 Å². The van der Waals surface area contributed by atoms with E-state index < -0.39 is 9.84 Å². The van der Waals surface area contributed by atoms with E-state index in [1.807, 2.05) is 39.0 Å². The third kappa shape index (κ3) is 3.81. The Balaban J connectivity index is 2.92. The Morgan fingerprint density at radius 3 is 2.56 bits per heavy atom. The van der Waals surface area contributed by atoms with Gasteiger partial charge in [-0.1, -0.05) is 35.9 Å². The Kier molecular flexibility index (Phi) is 4.30. The molecule has 0 aliphatic heterocycles. The van der Waals surface area contributed by atoms with E-state index >= 15 is 0 Å². The van der Waals surface area contributed by atoms with Gasteiger partial charge in [-0.25, -0.2) is 8.42 Å². The minimum atomic E-state index is -3.02. The molecule has 0 aliphatic carbocycles. The van der Waals surface area contributed by atoms with Crippen LogP contribution in [0.15, 0.2) is 30.4 Å². The van der Waals surface area contributed by atoms with Crippen molar-refractivity contribution in [3.63, 3.8) is 0 Å². The first-order valence-electron chi connectivity index (χ1n) is 5.32. The summed E-state index contributed by atoms with van der Waals surface area (Å²) in [6, 6.07) is 5.91. The van der Waals surface area contributed by atoms with Crippen molar-refractivity contribution < 1.29 is 8.42 Å². The molecular weight excluding hydrogens is 220 g/mol. The quantitative estimate of drug-likeness (QED) is 0.756. The van der Waals surface area contributed by atoms with Gasteiger partial charge in [0, 0.05) is 0 Å². The van der Waals surface area contributed by atoms with Crippen molar-refractivity contribution >= 4 is 9.84 Å². The van der Waals surface area contributed by atoms with Crippen LogP contribution in [0.25, 0.3) is 0 Å². The molecule has 1 aromatic carbocycles. The van der Waals surface area contributed by atoms with E-state index in [-0.39, 0.29) is 11.5 Å². The molecule has 0 atom stereocenters. The summed E-state index contributed by atoms with van der Waals surface area (Å²) in [5, 5.41) is 0. The van der Waals surface area contributed by atoms with E-state index in [4.69, 9.17) is 0 Å². The molecular formula is C13H18O2S. The molecule has 0 N–H and O–H groups in total. The lowest BCUT2D eigenvalue weighted by molar-refractivity contribution is 0.598. The van der Waals surface area contributed by atoms with E-state index in [9.17, 15) is 8.42 Å². The topological polar surface area (TPSA) is 34.1 Å². The van der Waals surface area contributed by atoms with Crippen molar-refractivity contribution in [2.75, 3.05) is 5.75 Å². The molecule has 0 radical (unpaired) electrons. The van der Waals surface area contributed by atoms with E-state index in [1.165, 1.54) is 0 Å². The highest BCUT2D eigenvalue weighted by atomic mass is 32.2. The number of aryl methyl sites for hydroxylation is 2. The lowest BCUT2D eigenvalue weighted by Crippen LogP contribution is -2.08. The fraction of sp³-hybridized carbons (Fsp3) is 0.385. The van der Waals surface area contributed by atoms with Gasteiger partial charge in [0.15, 0.2) is 9.84 Å². The molecule has 0 saturated heterocycles. The smallest absolute Gasteiger partial charge is 0.157 e.